The van der Waals surface area contributed by atoms with Crippen LogP contribution in [0.1, 0.15) is 16.7 Å². The van der Waals surface area contributed by atoms with Crippen LogP contribution in [-0.4, -0.2) is 17.9 Å². The molecule has 2 nitrogen and oxygen atoms in total. The minimum absolute atomic E-state index is 0.0487. The quantitative estimate of drug-likeness (QED) is 0.764. The third kappa shape index (κ3) is 5.43. The second-order valence-electron chi connectivity index (χ2n) is 5.27. The number of carbonyl (C=O) groups is 1. The van der Waals surface area contributed by atoms with Gasteiger partial charge in [0.05, 0.1) is 5.75 Å². The van der Waals surface area contributed by atoms with Gasteiger partial charge in [0.25, 0.3) is 0 Å². The van der Waals surface area contributed by atoms with Crippen molar-refractivity contribution in [2.75, 3.05) is 17.3 Å². The van der Waals surface area contributed by atoms with E-state index in [1.807, 2.05) is 30.5 Å². The van der Waals surface area contributed by atoms with Gasteiger partial charge < -0.3 is 5.32 Å². The second kappa shape index (κ2) is 8.30. The molecule has 2 aromatic carbocycles. The Kier molecular flexibility index (Phi) is 6.40. The molecule has 0 saturated heterocycles. The normalized spacial score (nSPS) is 10.5. The topological polar surface area (TPSA) is 29.1 Å². The van der Waals surface area contributed by atoms with Crippen LogP contribution in [-0.2, 0) is 10.5 Å². The summed E-state index contributed by atoms with van der Waals surface area (Å²) in [4.78, 5) is 13.2. The smallest absolute Gasteiger partial charge is 0.234 e. The van der Waals surface area contributed by atoms with Crippen molar-refractivity contribution in [2.24, 2.45) is 0 Å². The molecule has 0 aromatic heterocycles. The summed E-state index contributed by atoms with van der Waals surface area (Å²) < 4.78 is 0. The largest absolute Gasteiger partial charge is 0.325 e. The lowest BCUT2D eigenvalue weighted by Crippen LogP contribution is -2.14. The zero-order valence-corrected chi connectivity index (χ0v) is 14.8. The van der Waals surface area contributed by atoms with Gasteiger partial charge >= 0.3 is 0 Å². The van der Waals surface area contributed by atoms with Crippen LogP contribution in [0.25, 0.3) is 0 Å². The van der Waals surface area contributed by atoms with Crippen molar-refractivity contribution in [3.05, 3.63) is 59.2 Å². The average Bonchev–Trinajstić information content (AvgIpc) is 2.46. The Morgan fingerprint density at radius 3 is 2.50 bits per heavy atom. The molecule has 0 saturated carbocycles. The van der Waals surface area contributed by atoms with Crippen molar-refractivity contribution in [1.29, 1.82) is 0 Å². The van der Waals surface area contributed by atoms with Crippen LogP contribution in [0.15, 0.2) is 47.4 Å². The van der Waals surface area contributed by atoms with Gasteiger partial charge in [-0.25, -0.2) is 0 Å². The first-order chi connectivity index (χ1) is 10.6. The van der Waals surface area contributed by atoms with E-state index in [0.29, 0.717) is 5.75 Å². The van der Waals surface area contributed by atoms with Crippen molar-refractivity contribution in [3.63, 3.8) is 0 Å². The van der Waals surface area contributed by atoms with Crippen molar-refractivity contribution >= 4 is 35.1 Å². The van der Waals surface area contributed by atoms with Gasteiger partial charge in [-0.15, -0.1) is 23.5 Å². The molecule has 0 radical (unpaired) electrons. The highest BCUT2D eigenvalue weighted by Gasteiger charge is 2.04. The zero-order valence-electron chi connectivity index (χ0n) is 13.2. The molecule has 22 heavy (non-hydrogen) atoms. The van der Waals surface area contributed by atoms with E-state index in [2.05, 4.69) is 37.4 Å². The molecule has 1 N–H and O–H groups in total. The van der Waals surface area contributed by atoms with Gasteiger partial charge in [-0.1, -0.05) is 35.4 Å². The van der Waals surface area contributed by atoms with E-state index < -0.39 is 0 Å². The number of aryl methyl sites for hydroxylation is 2. The molecule has 4 heteroatoms. The van der Waals surface area contributed by atoms with Gasteiger partial charge in [0.2, 0.25) is 5.91 Å². The molecular formula is C18H21NOS2. The third-order valence-corrected chi connectivity index (χ3v) is 4.87. The summed E-state index contributed by atoms with van der Waals surface area (Å²) in [6.07, 6.45) is 2.03. The van der Waals surface area contributed by atoms with Gasteiger partial charge in [-0.05, 0) is 43.9 Å². The summed E-state index contributed by atoms with van der Waals surface area (Å²) >= 11 is 3.32. The van der Waals surface area contributed by atoms with Crippen LogP contribution in [0.4, 0.5) is 5.69 Å². The van der Waals surface area contributed by atoms with Gasteiger partial charge in [-0.2, -0.15) is 0 Å². The zero-order chi connectivity index (χ0) is 15.9. The Morgan fingerprint density at radius 1 is 1.09 bits per heavy atom. The van der Waals surface area contributed by atoms with E-state index in [1.54, 1.807) is 23.5 Å². The molecule has 0 aliphatic carbocycles. The maximum absolute atomic E-state index is 12.0. The molecule has 0 aliphatic rings. The third-order valence-electron chi connectivity index (χ3n) is 3.14. The van der Waals surface area contributed by atoms with E-state index in [9.17, 15) is 4.79 Å². The molecule has 0 spiro atoms. The number of benzene rings is 2. The minimum Gasteiger partial charge on any atom is -0.325 e. The Bertz CT molecular complexity index is 635. The van der Waals surface area contributed by atoms with Crippen LogP contribution in [0.3, 0.4) is 0 Å². The second-order valence-corrected chi connectivity index (χ2v) is 7.13. The van der Waals surface area contributed by atoms with Crippen LogP contribution >= 0.6 is 23.5 Å². The number of amides is 1. The average molecular weight is 332 g/mol. The Labute approximate surface area is 141 Å². The van der Waals surface area contributed by atoms with Crippen molar-refractivity contribution in [2.45, 2.75) is 24.5 Å². The lowest BCUT2D eigenvalue weighted by atomic mass is 10.1. The van der Waals surface area contributed by atoms with Gasteiger partial charge in [-0.3, -0.25) is 4.79 Å². The lowest BCUT2D eigenvalue weighted by Gasteiger charge is -2.07. The van der Waals surface area contributed by atoms with Crippen molar-refractivity contribution < 1.29 is 4.79 Å². The number of hydrogen-bond acceptors (Lipinski definition) is 3. The molecule has 0 unspecified atom stereocenters. The monoisotopic (exact) mass is 331 g/mol. The Hall–Kier alpha value is -1.39. The fraction of sp³-hybridized carbons (Fsp3) is 0.278. The fourth-order valence-electron chi connectivity index (χ4n) is 2.31. The number of thioether (sulfide) groups is 2. The molecule has 1 amide bonds. The first kappa shape index (κ1) is 17.0. The van der Waals surface area contributed by atoms with E-state index in [1.165, 1.54) is 16.7 Å². The highest BCUT2D eigenvalue weighted by Crippen LogP contribution is 2.20. The minimum atomic E-state index is 0.0487. The molecule has 0 fully saturated rings. The predicted molar refractivity (Wildman–Crippen MR) is 98.9 cm³/mol. The van der Waals surface area contributed by atoms with Crippen LogP contribution < -0.4 is 5.32 Å². The SMILES string of the molecule is CSc1cccc(NC(=O)CSCc2cc(C)cc(C)c2)c1. The number of carbonyl (C=O) groups excluding carboxylic acids is 1. The number of hydrogen-bond donors (Lipinski definition) is 1. The molecule has 0 bridgehead atoms. The lowest BCUT2D eigenvalue weighted by molar-refractivity contribution is -0.113. The number of anilines is 1. The molecule has 2 aromatic rings. The van der Waals surface area contributed by atoms with Crippen molar-refractivity contribution in [3.8, 4) is 0 Å². The van der Waals surface area contributed by atoms with E-state index in [4.69, 9.17) is 0 Å². The Balaban J connectivity index is 1.82. The van der Waals surface area contributed by atoms with E-state index in [0.717, 1.165) is 16.3 Å². The first-order valence-corrected chi connectivity index (χ1v) is 9.53. The molecule has 2 rings (SSSR count). The summed E-state index contributed by atoms with van der Waals surface area (Å²) in [6, 6.07) is 14.4. The van der Waals surface area contributed by atoms with E-state index >= 15 is 0 Å². The molecule has 0 aliphatic heterocycles. The van der Waals surface area contributed by atoms with Gasteiger partial charge in [0, 0.05) is 16.3 Å². The summed E-state index contributed by atoms with van der Waals surface area (Å²) in [5, 5.41) is 2.95. The summed E-state index contributed by atoms with van der Waals surface area (Å²) in [7, 11) is 0. The summed E-state index contributed by atoms with van der Waals surface area (Å²) in [6.45, 7) is 4.21. The van der Waals surface area contributed by atoms with Gasteiger partial charge in [0.15, 0.2) is 0 Å². The number of rotatable bonds is 6. The van der Waals surface area contributed by atoms with Crippen LogP contribution in [0.5, 0.6) is 0 Å². The standard InChI is InChI=1S/C18H21NOS2/c1-13-7-14(2)9-15(8-13)11-22-12-18(20)19-16-5-4-6-17(10-16)21-3/h4-10H,11-12H2,1-3H3,(H,19,20). The molecule has 116 valence electrons. The summed E-state index contributed by atoms with van der Waals surface area (Å²) in [5.74, 6) is 1.38. The highest BCUT2D eigenvalue weighted by molar-refractivity contribution is 7.99. The van der Waals surface area contributed by atoms with Crippen LogP contribution in [0.2, 0.25) is 0 Å². The molecule has 0 heterocycles. The number of nitrogens with one attached hydrogen (secondary N) is 1. The maximum Gasteiger partial charge on any atom is 0.234 e. The van der Waals surface area contributed by atoms with E-state index in [-0.39, 0.29) is 5.91 Å². The predicted octanol–water partition coefficient (Wildman–Crippen LogP) is 4.90. The van der Waals surface area contributed by atoms with Crippen LogP contribution in [0, 0.1) is 13.8 Å². The Morgan fingerprint density at radius 2 is 1.82 bits per heavy atom. The first-order valence-electron chi connectivity index (χ1n) is 7.15. The van der Waals surface area contributed by atoms with Crippen molar-refractivity contribution in [1.82, 2.24) is 0 Å². The fourth-order valence-corrected chi connectivity index (χ4v) is 3.53. The molecule has 0 atom stereocenters. The highest BCUT2D eigenvalue weighted by atomic mass is 32.2. The van der Waals surface area contributed by atoms with Gasteiger partial charge in [0.1, 0.15) is 0 Å². The molecular weight excluding hydrogens is 310 g/mol. The maximum atomic E-state index is 12.0. The summed E-state index contributed by atoms with van der Waals surface area (Å²) in [5.41, 5.74) is 4.69.